The number of hydrogen-bond donors (Lipinski definition) is 1. The lowest BCUT2D eigenvalue weighted by Crippen LogP contribution is -2.22. The summed E-state index contributed by atoms with van der Waals surface area (Å²) in [5, 5.41) is 10.9. The van der Waals surface area contributed by atoms with Gasteiger partial charge in [0.25, 0.3) is 0 Å². The van der Waals surface area contributed by atoms with Crippen LogP contribution < -0.4 is 15.2 Å². The third-order valence-corrected chi connectivity index (χ3v) is 6.91. The van der Waals surface area contributed by atoms with Gasteiger partial charge in [0.2, 0.25) is 0 Å². The van der Waals surface area contributed by atoms with E-state index in [2.05, 4.69) is 122 Å². The van der Waals surface area contributed by atoms with E-state index in [9.17, 15) is 0 Å². The number of hydrogen-bond acceptors (Lipinski definition) is 4. The summed E-state index contributed by atoms with van der Waals surface area (Å²) in [5.41, 5.74) is 7.21. The van der Waals surface area contributed by atoms with Crippen LogP contribution in [-0.2, 0) is 0 Å². The van der Waals surface area contributed by atoms with Crippen molar-refractivity contribution in [2.45, 2.75) is 59.0 Å². The molecular weight excluding hydrogens is 416 g/mol. The van der Waals surface area contributed by atoms with E-state index in [4.69, 9.17) is 5.10 Å². The summed E-state index contributed by atoms with van der Waals surface area (Å²) >= 11 is 0. The minimum Gasteiger partial charge on any atom is -0.382 e. The van der Waals surface area contributed by atoms with Crippen LogP contribution >= 0.6 is 0 Å². The topological polar surface area (TPSA) is 30.9 Å². The van der Waals surface area contributed by atoms with E-state index in [1.807, 2.05) is 0 Å². The monoisotopic (exact) mass is 454 g/mol. The van der Waals surface area contributed by atoms with Gasteiger partial charge in [0.1, 0.15) is 0 Å². The van der Waals surface area contributed by atoms with Gasteiger partial charge < -0.3 is 10.2 Å². The van der Waals surface area contributed by atoms with Gasteiger partial charge in [-0.2, -0.15) is 5.10 Å². The molecule has 3 aromatic rings. The number of benzene rings is 3. The molecule has 0 saturated heterocycles. The van der Waals surface area contributed by atoms with Gasteiger partial charge >= 0.3 is 0 Å². The van der Waals surface area contributed by atoms with Crippen LogP contribution in [0.4, 0.5) is 17.1 Å². The van der Waals surface area contributed by atoms with Gasteiger partial charge in [0.15, 0.2) is 0 Å². The molecule has 1 unspecified atom stereocenters. The first kappa shape index (κ1) is 23.9. The van der Waals surface area contributed by atoms with Crippen LogP contribution in [0.5, 0.6) is 0 Å². The van der Waals surface area contributed by atoms with E-state index in [0.717, 1.165) is 43.8 Å². The smallest absolute Gasteiger partial charge is 0.0831 e. The molecule has 0 spiro atoms. The Morgan fingerprint density at radius 2 is 1.50 bits per heavy atom. The highest BCUT2D eigenvalue weighted by Gasteiger charge is 2.30. The summed E-state index contributed by atoms with van der Waals surface area (Å²) in [7, 11) is 0. The third-order valence-electron chi connectivity index (χ3n) is 6.91. The third kappa shape index (κ3) is 5.27. The molecule has 0 aromatic heterocycles. The zero-order valence-electron chi connectivity index (χ0n) is 21.0. The molecule has 1 aliphatic heterocycles. The quantitative estimate of drug-likeness (QED) is 0.344. The molecule has 1 N–H and O–H groups in total. The molecule has 0 aliphatic carbocycles. The van der Waals surface area contributed by atoms with Crippen molar-refractivity contribution in [1.82, 2.24) is 0 Å². The molecule has 3 aromatic carbocycles. The van der Waals surface area contributed by atoms with Crippen LogP contribution in [0, 0.1) is 0 Å². The van der Waals surface area contributed by atoms with Crippen molar-refractivity contribution in [2.24, 2.45) is 5.10 Å². The second kappa shape index (κ2) is 11.2. The SMILES string of the molecule is CCC(CC)Nc1ccc(C2=NN(c3ccccc3)C(c3ccc(N(CC)CC)cc3)C2)cc1. The van der Waals surface area contributed by atoms with Crippen LogP contribution in [-0.4, -0.2) is 24.8 Å². The molecule has 0 bridgehead atoms. The largest absolute Gasteiger partial charge is 0.382 e. The minimum absolute atomic E-state index is 0.186. The lowest BCUT2D eigenvalue weighted by Gasteiger charge is -2.25. The average molecular weight is 455 g/mol. The summed E-state index contributed by atoms with van der Waals surface area (Å²) in [6.45, 7) is 10.9. The zero-order valence-corrected chi connectivity index (χ0v) is 21.0. The van der Waals surface area contributed by atoms with Gasteiger partial charge in [-0.15, -0.1) is 0 Å². The molecule has 4 heteroatoms. The summed E-state index contributed by atoms with van der Waals surface area (Å²) in [5.74, 6) is 0. The Hall–Kier alpha value is -3.27. The van der Waals surface area contributed by atoms with Crippen LogP contribution in [0.3, 0.4) is 0 Å². The standard InChI is InChI=1S/C30H38N4/c1-5-25(6-2)31-26-18-14-23(15-19-26)29-22-30(34(32-29)28-12-10-9-11-13-28)24-16-20-27(21-17-24)33(7-3)8-4/h9-21,25,30-31H,5-8,22H2,1-4H3. The molecule has 0 amide bonds. The van der Waals surface area contributed by atoms with Crippen molar-refractivity contribution < 1.29 is 0 Å². The van der Waals surface area contributed by atoms with Gasteiger partial charge in [-0.3, -0.25) is 5.01 Å². The highest BCUT2D eigenvalue weighted by Crippen LogP contribution is 2.37. The molecule has 0 fully saturated rings. The van der Waals surface area contributed by atoms with Gasteiger partial charge in [0, 0.05) is 36.9 Å². The zero-order chi connectivity index (χ0) is 23.9. The number of para-hydroxylation sites is 1. The molecular formula is C30H38N4. The lowest BCUT2D eigenvalue weighted by molar-refractivity contribution is 0.672. The van der Waals surface area contributed by atoms with Crippen molar-refractivity contribution in [3.05, 3.63) is 90.0 Å². The Morgan fingerprint density at radius 1 is 0.853 bits per heavy atom. The molecule has 1 atom stereocenters. The maximum Gasteiger partial charge on any atom is 0.0831 e. The first-order valence-electron chi connectivity index (χ1n) is 12.8. The number of nitrogens with one attached hydrogen (secondary N) is 1. The Morgan fingerprint density at radius 3 is 2.09 bits per heavy atom. The number of rotatable bonds is 10. The molecule has 4 rings (SSSR count). The maximum atomic E-state index is 5.12. The summed E-state index contributed by atoms with van der Waals surface area (Å²) < 4.78 is 0. The normalized spacial score (nSPS) is 15.5. The van der Waals surface area contributed by atoms with Gasteiger partial charge in [-0.05, 0) is 74.2 Å². The van der Waals surface area contributed by atoms with E-state index in [-0.39, 0.29) is 6.04 Å². The molecule has 34 heavy (non-hydrogen) atoms. The van der Waals surface area contributed by atoms with Gasteiger partial charge in [-0.25, -0.2) is 0 Å². The van der Waals surface area contributed by atoms with Crippen molar-refractivity contribution in [3.63, 3.8) is 0 Å². The fraction of sp³-hybridized carbons (Fsp3) is 0.367. The second-order valence-corrected chi connectivity index (χ2v) is 8.95. The number of hydrazone groups is 1. The Labute approximate surface area is 205 Å². The molecule has 1 heterocycles. The van der Waals surface area contributed by atoms with E-state index in [1.165, 1.54) is 22.5 Å². The second-order valence-electron chi connectivity index (χ2n) is 8.95. The van der Waals surface area contributed by atoms with Crippen molar-refractivity contribution in [3.8, 4) is 0 Å². The Kier molecular flexibility index (Phi) is 7.89. The number of anilines is 3. The van der Waals surface area contributed by atoms with Crippen molar-refractivity contribution in [1.29, 1.82) is 0 Å². The first-order chi connectivity index (χ1) is 16.7. The molecule has 4 nitrogen and oxygen atoms in total. The van der Waals surface area contributed by atoms with Crippen LogP contribution in [0.2, 0.25) is 0 Å². The first-order valence-corrected chi connectivity index (χ1v) is 12.8. The molecule has 0 saturated carbocycles. The minimum atomic E-state index is 0.186. The van der Waals surface area contributed by atoms with Crippen LogP contribution in [0.1, 0.15) is 64.1 Å². The van der Waals surface area contributed by atoms with Crippen molar-refractivity contribution >= 4 is 22.8 Å². The van der Waals surface area contributed by atoms with Gasteiger partial charge in [0.05, 0.1) is 17.4 Å². The number of nitrogens with zero attached hydrogens (tertiary/aromatic N) is 3. The fourth-order valence-electron chi connectivity index (χ4n) is 4.75. The highest BCUT2D eigenvalue weighted by molar-refractivity contribution is 6.03. The average Bonchev–Trinajstić information content (AvgIpc) is 3.35. The van der Waals surface area contributed by atoms with E-state index in [0.29, 0.717) is 6.04 Å². The highest BCUT2D eigenvalue weighted by atomic mass is 15.5. The van der Waals surface area contributed by atoms with Crippen LogP contribution in [0.15, 0.2) is 84.0 Å². The maximum absolute atomic E-state index is 5.12. The Bertz CT molecular complexity index is 1050. The lowest BCUT2D eigenvalue weighted by atomic mass is 9.97. The van der Waals surface area contributed by atoms with Gasteiger partial charge in [-0.1, -0.05) is 56.3 Å². The van der Waals surface area contributed by atoms with E-state index >= 15 is 0 Å². The predicted octanol–water partition coefficient (Wildman–Crippen LogP) is 7.49. The summed E-state index contributed by atoms with van der Waals surface area (Å²) in [6, 6.07) is 29.1. The van der Waals surface area contributed by atoms with Crippen molar-refractivity contribution in [2.75, 3.05) is 28.3 Å². The fourth-order valence-corrected chi connectivity index (χ4v) is 4.75. The van der Waals surface area contributed by atoms with E-state index < -0.39 is 0 Å². The summed E-state index contributed by atoms with van der Waals surface area (Å²) in [6.07, 6.45) is 3.15. The molecule has 0 radical (unpaired) electrons. The summed E-state index contributed by atoms with van der Waals surface area (Å²) in [4.78, 5) is 2.38. The van der Waals surface area contributed by atoms with E-state index in [1.54, 1.807) is 0 Å². The molecule has 178 valence electrons. The predicted molar refractivity (Wildman–Crippen MR) is 147 cm³/mol. The Balaban J connectivity index is 1.59. The van der Waals surface area contributed by atoms with Crippen LogP contribution in [0.25, 0.3) is 0 Å². The molecule has 1 aliphatic rings.